The van der Waals surface area contributed by atoms with Gasteiger partial charge in [0.05, 0.1) is 0 Å². The van der Waals surface area contributed by atoms with E-state index in [1.54, 1.807) is 16.6 Å². The summed E-state index contributed by atoms with van der Waals surface area (Å²) in [6, 6.07) is 17.8. The molecule has 4 rings (SSSR count). The summed E-state index contributed by atoms with van der Waals surface area (Å²) in [5, 5.41) is 15.3. The van der Waals surface area contributed by atoms with Crippen molar-refractivity contribution in [2.75, 3.05) is 0 Å². The van der Waals surface area contributed by atoms with Gasteiger partial charge in [-0.05, 0) is 22.9 Å². The molecule has 0 unspecified atom stereocenters. The Morgan fingerprint density at radius 2 is 1.70 bits per heavy atom. The first-order valence-corrected chi connectivity index (χ1v) is 6.57. The second-order valence-corrected chi connectivity index (χ2v) is 4.86. The fraction of sp³-hybridized carbons (Fsp3) is 0. The van der Waals surface area contributed by atoms with Gasteiger partial charge in [0.1, 0.15) is 5.15 Å². The molecule has 0 aliphatic carbocycles. The zero-order valence-electron chi connectivity index (χ0n) is 10.4. The zero-order valence-corrected chi connectivity index (χ0v) is 11.1. The SMILES string of the molecule is Clc1ccc2nnc(-c3cccc4ccccc34)n2n1. The largest absolute Gasteiger partial charge is 0.191 e. The van der Waals surface area contributed by atoms with Crippen LogP contribution in [0.2, 0.25) is 5.15 Å². The smallest absolute Gasteiger partial charge is 0.186 e. The molecule has 0 spiro atoms. The molecule has 0 saturated carbocycles. The third-order valence-corrected chi connectivity index (χ3v) is 3.46. The molecule has 2 aromatic heterocycles. The lowest BCUT2D eigenvalue weighted by Gasteiger charge is -2.04. The van der Waals surface area contributed by atoms with E-state index in [1.165, 1.54) is 0 Å². The summed E-state index contributed by atoms with van der Waals surface area (Å²) in [5.74, 6) is 0.694. The van der Waals surface area contributed by atoms with Crippen LogP contribution in [0.5, 0.6) is 0 Å². The minimum absolute atomic E-state index is 0.416. The molecule has 0 aliphatic rings. The van der Waals surface area contributed by atoms with Gasteiger partial charge >= 0.3 is 0 Å². The summed E-state index contributed by atoms with van der Waals surface area (Å²) in [6.07, 6.45) is 0. The van der Waals surface area contributed by atoms with Crippen LogP contribution >= 0.6 is 11.6 Å². The van der Waals surface area contributed by atoms with Gasteiger partial charge in [-0.2, -0.15) is 9.61 Å². The molecule has 20 heavy (non-hydrogen) atoms. The van der Waals surface area contributed by atoms with E-state index < -0.39 is 0 Å². The first kappa shape index (κ1) is 11.4. The standard InChI is InChI=1S/C15H9ClN4/c16-13-8-9-14-17-18-15(20(14)19-13)12-7-3-5-10-4-1-2-6-11(10)12/h1-9H. The lowest BCUT2D eigenvalue weighted by atomic mass is 10.0. The van der Waals surface area contributed by atoms with Crippen molar-refractivity contribution in [3.8, 4) is 11.4 Å². The number of nitrogens with zero attached hydrogens (tertiary/aromatic N) is 4. The number of halogens is 1. The molecule has 0 bridgehead atoms. The van der Waals surface area contributed by atoms with Crippen LogP contribution in [0.1, 0.15) is 0 Å². The molecular weight excluding hydrogens is 272 g/mol. The van der Waals surface area contributed by atoms with Gasteiger partial charge < -0.3 is 0 Å². The fourth-order valence-corrected chi connectivity index (χ4v) is 2.49. The molecule has 0 fully saturated rings. The van der Waals surface area contributed by atoms with Crippen molar-refractivity contribution >= 4 is 28.0 Å². The molecular formula is C15H9ClN4. The minimum atomic E-state index is 0.416. The molecule has 0 aliphatic heterocycles. The van der Waals surface area contributed by atoms with Gasteiger partial charge in [0.15, 0.2) is 11.5 Å². The molecule has 0 saturated heterocycles. The Morgan fingerprint density at radius 3 is 2.65 bits per heavy atom. The number of aromatic nitrogens is 4. The number of benzene rings is 2. The van der Waals surface area contributed by atoms with Crippen molar-refractivity contribution in [2.24, 2.45) is 0 Å². The molecule has 2 heterocycles. The van der Waals surface area contributed by atoms with E-state index >= 15 is 0 Å². The second kappa shape index (κ2) is 4.28. The van der Waals surface area contributed by atoms with Crippen molar-refractivity contribution in [1.82, 2.24) is 19.8 Å². The zero-order chi connectivity index (χ0) is 13.5. The monoisotopic (exact) mass is 280 g/mol. The molecule has 4 aromatic rings. The molecule has 0 radical (unpaired) electrons. The third-order valence-electron chi connectivity index (χ3n) is 3.26. The summed E-state index contributed by atoms with van der Waals surface area (Å²) in [7, 11) is 0. The van der Waals surface area contributed by atoms with Crippen LogP contribution in [0.15, 0.2) is 54.6 Å². The van der Waals surface area contributed by atoms with Gasteiger partial charge in [0.2, 0.25) is 0 Å². The van der Waals surface area contributed by atoms with Crippen LogP contribution < -0.4 is 0 Å². The van der Waals surface area contributed by atoms with Crippen LogP contribution in [0.3, 0.4) is 0 Å². The summed E-state index contributed by atoms with van der Waals surface area (Å²) in [4.78, 5) is 0. The van der Waals surface area contributed by atoms with Crippen molar-refractivity contribution in [1.29, 1.82) is 0 Å². The minimum Gasteiger partial charge on any atom is -0.191 e. The van der Waals surface area contributed by atoms with E-state index in [0.29, 0.717) is 16.6 Å². The first-order chi connectivity index (χ1) is 9.83. The quantitative estimate of drug-likeness (QED) is 0.535. The maximum atomic E-state index is 5.97. The van der Waals surface area contributed by atoms with E-state index in [2.05, 4.69) is 33.5 Å². The van der Waals surface area contributed by atoms with Crippen LogP contribution in [0, 0.1) is 0 Å². The number of fused-ring (bicyclic) bond motifs is 2. The van der Waals surface area contributed by atoms with Crippen molar-refractivity contribution in [2.45, 2.75) is 0 Å². The van der Waals surface area contributed by atoms with Gasteiger partial charge in [0, 0.05) is 5.56 Å². The molecule has 5 heteroatoms. The van der Waals surface area contributed by atoms with E-state index in [9.17, 15) is 0 Å². The summed E-state index contributed by atoms with van der Waals surface area (Å²) in [5.41, 5.74) is 1.67. The predicted molar refractivity (Wildman–Crippen MR) is 78.7 cm³/mol. The number of rotatable bonds is 1. The molecule has 0 atom stereocenters. The Kier molecular flexibility index (Phi) is 2.44. The Bertz CT molecular complexity index is 924. The Hall–Kier alpha value is -2.46. The average Bonchev–Trinajstić information content (AvgIpc) is 2.89. The number of hydrogen-bond acceptors (Lipinski definition) is 3. The van der Waals surface area contributed by atoms with E-state index in [0.717, 1.165) is 16.3 Å². The highest BCUT2D eigenvalue weighted by atomic mass is 35.5. The Morgan fingerprint density at radius 1 is 0.850 bits per heavy atom. The molecule has 0 amide bonds. The lowest BCUT2D eigenvalue weighted by molar-refractivity contribution is 0.937. The van der Waals surface area contributed by atoms with Crippen molar-refractivity contribution in [3.63, 3.8) is 0 Å². The molecule has 96 valence electrons. The maximum Gasteiger partial charge on any atom is 0.186 e. The average molecular weight is 281 g/mol. The molecule has 4 nitrogen and oxygen atoms in total. The second-order valence-electron chi connectivity index (χ2n) is 4.48. The maximum absolute atomic E-state index is 5.97. The van der Waals surface area contributed by atoms with E-state index in [1.807, 2.05) is 24.3 Å². The molecule has 0 N–H and O–H groups in total. The topological polar surface area (TPSA) is 43.1 Å². The van der Waals surface area contributed by atoms with Crippen LogP contribution in [-0.4, -0.2) is 19.8 Å². The Balaban J connectivity index is 2.09. The van der Waals surface area contributed by atoms with Crippen LogP contribution in [0.4, 0.5) is 0 Å². The normalized spacial score (nSPS) is 11.2. The highest BCUT2D eigenvalue weighted by Gasteiger charge is 2.12. The fourth-order valence-electron chi connectivity index (χ4n) is 2.35. The van der Waals surface area contributed by atoms with Gasteiger partial charge in [-0.3, -0.25) is 0 Å². The van der Waals surface area contributed by atoms with Crippen molar-refractivity contribution in [3.05, 3.63) is 59.8 Å². The highest BCUT2D eigenvalue weighted by Crippen LogP contribution is 2.27. The van der Waals surface area contributed by atoms with Crippen LogP contribution in [-0.2, 0) is 0 Å². The molecule has 2 aromatic carbocycles. The van der Waals surface area contributed by atoms with Crippen molar-refractivity contribution < 1.29 is 0 Å². The van der Waals surface area contributed by atoms with Gasteiger partial charge in [-0.15, -0.1) is 10.2 Å². The lowest BCUT2D eigenvalue weighted by Crippen LogP contribution is -1.95. The summed E-state index contributed by atoms with van der Waals surface area (Å²) < 4.78 is 1.67. The van der Waals surface area contributed by atoms with Gasteiger partial charge in [-0.1, -0.05) is 54.1 Å². The van der Waals surface area contributed by atoms with E-state index in [4.69, 9.17) is 11.6 Å². The van der Waals surface area contributed by atoms with Gasteiger partial charge in [0.25, 0.3) is 0 Å². The Labute approximate surface area is 119 Å². The number of hydrogen-bond donors (Lipinski definition) is 0. The predicted octanol–water partition coefficient (Wildman–Crippen LogP) is 3.60. The first-order valence-electron chi connectivity index (χ1n) is 6.19. The third kappa shape index (κ3) is 1.66. The van der Waals surface area contributed by atoms with Crippen LogP contribution in [0.25, 0.3) is 27.8 Å². The summed E-state index contributed by atoms with van der Waals surface area (Å²) in [6.45, 7) is 0. The van der Waals surface area contributed by atoms with E-state index in [-0.39, 0.29) is 0 Å². The highest BCUT2D eigenvalue weighted by molar-refractivity contribution is 6.29. The summed E-state index contributed by atoms with van der Waals surface area (Å²) >= 11 is 5.97. The van der Waals surface area contributed by atoms with Gasteiger partial charge in [-0.25, -0.2) is 0 Å².